The van der Waals surface area contributed by atoms with Gasteiger partial charge in [0.1, 0.15) is 12.7 Å². The van der Waals surface area contributed by atoms with Crippen LogP contribution < -0.4 is 9.47 Å². The lowest BCUT2D eigenvalue weighted by Gasteiger charge is -2.11. The van der Waals surface area contributed by atoms with Crippen LogP contribution in [0.25, 0.3) is 0 Å². The van der Waals surface area contributed by atoms with Gasteiger partial charge in [0.05, 0.1) is 7.11 Å². The largest absolute Gasteiger partial charge is 0.493 e. The molecule has 3 heteroatoms. The van der Waals surface area contributed by atoms with Crippen molar-refractivity contribution in [1.29, 1.82) is 0 Å². The Labute approximate surface area is 83.6 Å². The van der Waals surface area contributed by atoms with E-state index in [9.17, 15) is 5.11 Å². The van der Waals surface area contributed by atoms with Crippen molar-refractivity contribution in [1.82, 2.24) is 0 Å². The molecule has 0 aromatic heterocycles. The third-order valence-electron chi connectivity index (χ3n) is 1.75. The first-order chi connectivity index (χ1) is 6.77. The molecule has 14 heavy (non-hydrogen) atoms. The molecule has 76 valence electrons. The summed E-state index contributed by atoms with van der Waals surface area (Å²) in [6, 6.07) is 7.29. The molecule has 0 aliphatic carbocycles. The van der Waals surface area contributed by atoms with Crippen molar-refractivity contribution < 1.29 is 14.6 Å². The number of rotatable bonds is 5. The quantitative estimate of drug-likeness (QED) is 0.724. The van der Waals surface area contributed by atoms with E-state index in [4.69, 9.17) is 9.47 Å². The van der Waals surface area contributed by atoms with E-state index in [1.807, 2.05) is 12.1 Å². The minimum Gasteiger partial charge on any atom is -0.493 e. The topological polar surface area (TPSA) is 38.7 Å². The van der Waals surface area contributed by atoms with Gasteiger partial charge in [-0.2, -0.15) is 0 Å². The molecule has 0 radical (unpaired) electrons. The summed E-state index contributed by atoms with van der Waals surface area (Å²) in [5.74, 6) is 1.28. The van der Waals surface area contributed by atoms with Gasteiger partial charge in [-0.15, -0.1) is 6.58 Å². The van der Waals surface area contributed by atoms with Crippen LogP contribution in [0.15, 0.2) is 36.9 Å². The monoisotopic (exact) mass is 194 g/mol. The summed E-state index contributed by atoms with van der Waals surface area (Å²) in [4.78, 5) is 0. The van der Waals surface area contributed by atoms with Crippen LogP contribution in [0.5, 0.6) is 11.5 Å². The van der Waals surface area contributed by atoms with E-state index in [0.29, 0.717) is 11.5 Å². The molecule has 0 heterocycles. The van der Waals surface area contributed by atoms with Gasteiger partial charge in [0.2, 0.25) is 0 Å². The first kappa shape index (κ1) is 10.6. The molecule has 1 rings (SSSR count). The molecule has 0 aliphatic rings. The maximum atomic E-state index is 9.20. The normalized spacial score (nSPS) is 11.9. The maximum absolute atomic E-state index is 9.20. The van der Waals surface area contributed by atoms with E-state index < -0.39 is 6.10 Å². The average Bonchev–Trinajstić information content (AvgIpc) is 2.26. The zero-order valence-electron chi connectivity index (χ0n) is 8.14. The summed E-state index contributed by atoms with van der Waals surface area (Å²) < 4.78 is 10.4. The predicted molar refractivity (Wildman–Crippen MR) is 54.7 cm³/mol. The predicted octanol–water partition coefficient (Wildman–Crippen LogP) is 1.62. The Hall–Kier alpha value is -1.48. The lowest BCUT2D eigenvalue weighted by Crippen LogP contribution is -2.14. The second-order valence-corrected chi connectivity index (χ2v) is 2.76. The smallest absolute Gasteiger partial charge is 0.161 e. The number of para-hydroxylation sites is 2. The van der Waals surface area contributed by atoms with Gasteiger partial charge in [-0.25, -0.2) is 0 Å². The van der Waals surface area contributed by atoms with Crippen LogP contribution in [0.1, 0.15) is 0 Å². The molecular weight excluding hydrogens is 180 g/mol. The molecular formula is C11H14O3. The van der Waals surface area contributed by atoms with Crippen LogP contribution in [0, 0.1) is 0 Å². The second-order valence-electron chi connectivity index (χ2n) is 2.76. The van der Waals surface area contributed by atoms with E-state index in [1.54, 1.807) is 19.2 Å². The Bertz CT molecular complexity index is 296. The molecule has 0 aliphatic heterocycles. The number of hydrogen-bond donors (Lipinski definition) is 1. The van der Waals surface area contributed by atoms with Gasteiger partial charge in [0, 0.05) is 0 Å². The Morgan fingerprint density at radius 2 is 2.07 bits per heavy atom. The Kier molecular flexibility index (Phi) is 4.01. The highest BCUT2D eigenvalue weighted by Crippen LogP contribution is 2.25. The van der Waals surface area contributed by atoms with Gasteiger partial charge in [-0.3, -0.25) is 0 Å². The van der Waals surface area contributed by atoms with E-state index in [2.05, 4.69) is 6.58 Å². The van der Waals surface area contributed by atoms with Gasteiger partial charge in [-0.1, -0.05) is 18.2 Å². The fourth-order valence-corrected chi connectivity index (χ4v) is 0.981. The summed E-state index contributed by atoms with van der Waals surface area (Å²) in [5, 5.41) is 9.20. The van der Waals surface area contributed by atoms with Gasteiger partial charge in [0.25, 0.3) is 0 Å². The number of aliphatic hydroxyl groups is 1. The minimum atomic E-state index is -0.653. The fraction of sp³-hybridized carbons (Fsp3) is 0.273. The van der Waals surface area contributed by atoms with Crippen LogP contribution >= 0.6 is 0 Å². The van der Waals surface area contributed by atoms with Crippen LogP contribution in [-0.4, -0.2) is 24.9 Å². The van der Waals surface area contributed by atoms with Crippen molar-refractivity contribution in [3.63, 3.8) is 0 Å². The van der Waals surface area contributed by atoms with E-state index in [-0.39, 0.29) is 6.61 Å². The molecule has 0 spiro atoms. The molecule has 0 amide bonds. The van der Waals surface area contributed by atoms with Crippen molar-refractivity contribution >= 4 is 0 Å². The molecule has 0 fully saturated rings. The first-order valence-corrected chi connectivity index (χ1v) is 4.34. The molecule has 1 unspecified atom stereocenters. The summed E-state index contributed by atoms with van der Waals surface area (Å²) in [6.45, 7) is 3.64. The highest BCUT2D eigenvalue weighted by molar-refractivity contribution is 5.39. The molecule has 0 saturated heterocycles. The van der Waals surface area contributed by atoms with Crippen molar-refractivity contribution in [3.05, 3.63) is 36.9 Å². The van der Waals surface area contributed by atoms with Crippen molar-refractivity contribution in [2.75, 3.05) is 13.7 Å². The third kappa shape index (κ3) is 2.78. The van der Waals surface area contributed by atoms with Crippen LogP contribution in [-0.2, 0) is 0 Å². The molecule has 1 atom stereocenters. The van der Waals surface area contributed by atoms with E-state index >= 15 is 0 Å². The third-order valence-corrected chi connectivity index (χ3v) is 1.75. The van der Waals surface area contributed by atoms with Gasteiger partial charge < -0.3 is 14.6 Å². The highest BCUT2D eigenvalue weighted by atomic mass is 16.5. The van der Waals surface area contributed by atoms with Crippen LogP contribution in [0.4, 0.5) is 0 Å². The highest BCUT2D eigenvalue weighted by Gasteiger charge is 2.04. The van der Waals surface area contributed by atoms with Crippen LogP contribution in [0.3, 0.4) is 0 Å². The Morgan fingerprint density at radius 3 is 2.64 bits per heavy atom. The number of methoxy groups -OCH3 is 1. The van der Waals surface area contributed by atoms with Gasteiger partial charge >= 0.3 is 0 Å². The minimum absolute atomic E-state index is 0.184. The van der Waals surface area contributed by atoms with Crippen molar-refractivity contribution in [2.24, 2.45) is 0 Å². The Balaban J connectivity index is 2.61. The van der Waals surface area contributed by atoms with E-state index in [1.165, 1.54) is 6.08 Å². The number of aliphatic hydroxyl groups excluding tert-OH is 1. The summed E-state index contributed by atoms with van der Waals surface area (Å²) in [6.07, 6.45) is 0.773. The molecule has 0 saturated carbocycles. The van der Waals surface area contributed by atoms with Gasteiger partial charge in [0.15, 0.2) is 11.5 Å². The van der Waals surface area contributed by atoms with Crippen molar-refractivity contribution in [2.45, 2.75) is 6.10 Å². The maximum Gasteiger partial charge on any atom is 0.161 e. The lowest BCUT2D eigenvalue weighted by atomic mass is 10.3. The number of hydrogen-bond acceptors (Lipinski definition) is 3. The molecule has 1 N–H and O–H groups in total. The molecule has 0 bridgehead atoms. The lowest BCUT2D eigenvalue weighted by molar-refractivity contribution is 0.142. The molecule has 3 nitrogen and oxygen atoms in total. The first-order valence-electron chi connectivity index (χ1n) is 4.34. The van der Waals surface area contributed by atoms with Crippen LogP contribution in [0.2, 0.25) is 0 Å². The number of ether oxygens (including phenoxy) is 2. The van der Waals surface area contributed by atoms with Crippen molar-refractivity contribution in [3.8, 4) is 11.5 Å². The fourth-order valence-electron chi connectivity index (χ4n) is 0.981. The summed E-state index contributed by atoms with van der Waals surface area (Å²) >= 11 is 0. The molecule has 1 aromatic carbocycles. The number of benzene rings is 1. The Morgan fingerprint density at radius 1 is 1.43 bits per heavy atom. The average molecular weight is 194 g/mol. The summed E-state index contributed by atoms with van der Waals surface area (Å²) in [7, 11) is 1.58. The van der Waals surface area contributed by atoms with E-state index in [0.717, 1.165) is 0 Å². The zero-order valence-corrected chi connectivity index (χ0v) is 8.14. The van der Waals surface area contributed by atoms with Gasteiger partial charge in [-0.05, 0) is 12.1 Å². The standard InChI is InChI=1S/C11H14O3/c1-3-9(12)8-14-11-7-5-4-6-10(11)13-2/h3-7,9,12H,1,8H2,2H3. The zero-order chi connectivity index (χ0) is 10.4. The molecule has 1 aromatic rings. The SMILES string of the molecule is C=CC(O)COc1ccccc1OC. The second kappa shape index (κ2) is 5.29. The summed E-state index contributed by atoms with van der Waals surface area (Å²) in [5.41, 5.74) is 0.